The van der Waals surface area contributed by atoms with E-state index in [0.717, 1.165) is 49.4 Å². The monoisotopic (exact) mass is 465 g/mol. The number of aromatic nitrogens is 2. The molecule has 1 saturated heterocycles. The first-order valence-electron chi connectivity index (χ1n) is 11.5. The van der Waals surface area contributed by atoms with E-state index in [4.69, 9.17) is 15.9 Å². The van der Waals surface area contributed by atoms with E-state index in [1.54, 1.807) is 18.2 Å². The Morgan fingerprint density at radius 2 is 1.74 bits per heavy atom. The van der Waals surface area contributed by atoms with E-state index in [2.05, 4.69) is 21.8 Å². The van der Waals surface area contributed by atoms with E-state index in [1.807, 2.05) is 18.5 Å². The minimum Gasteiger partial charge on any atom is -0.487 e. The average molecular weight is 466 g/mol. The lowest BCUT2D eigenvalue weighted by atomic mass is 9.98. The number of nitrogens with one attached hydrogen (secondary N) is 1. The molecule has 0 amide bonds. The Morgan fingerprint density at radius 1 is 1.06 bits per heavy atom. The number of halogens is 2. The number of benzene rings is 2. The highest BCUT2D eigenvalue weighted by Crippen LogP contribution is 2.31. The minimum atomic E-state index is -0.728. The van der Waals surface area contributed by atoms with E-state index in [1.165, 1.54) is 12.1 Å². The molecule has 2 heterocycles. The molecule has 6 nitrogen and oxygen atoms in total. The highest BCUT2D eigenvalue weighted by Gasteiger charge is 2.23. The maximum absolute atomic E-state index is 14.8. The van der Waals surface area contributed by atoms with Crippen LogP contribution in [-0.4, -0.2) is 35.5 Å². The number of ether oxygens (including phenoxy) is 1. The van der Waals surface area contributed by atoms with E-state index in [9.17, 15) is 8.78 Å². The van der Waals surface area contributed by atoms with Crippen LogP contribution in [0.25, 0.3) is 11.1 Å². The molecule has 1 aliphatic rings. The van der Waals surface area contributed by atoms with Crippen LogP contribution in [0.1, 0.15) is 30.9 Å². The van der Waals surface area contributed by atoms with E-state index < -0.39 is 11.6 Å². The first-order valence-corrected chi connectivity index (χ1v) is 11.5. The van der Waals surface area contributed by atoms with Gasteiger partial charge in [0.2, 0.25) is 5.95 Å². The second kappa shape index (κ2) is 10.6. The number of nitrogens with two attached hydrogens (primary N) is 1. The molecule has 34 heavy (non-hydrogen) atoms. The summed E-state index contributed by atoms with van der Waals surface area (Å²) in [7, 11) is 0. The summed E-state index contributed by atoms with van der Waals surface area (Å²) in [6, 6.07) is 9.72. The number of hydrogen-bond donors (Lipinski definition) is 2. The number of hydrogen-bond acceptors (Lipinski definition) is 5. The second-order valence-corrected chi connectivity index (χ2v) is 8.66. The third-order valence-corrected chi connectivity index (χ3v) is 6.11. The SMILES string of the molecule is CCc1cnc(N2CCC(COc3c(F)cc(-c4cccc(CC(=N)N)c4)cc3F)CC2)nc1. The van der Waals surface area contributed by atoms with Crippen molar-refractivity contribution in [1.82, 2.24) is 9.97 Å². The lowest BCUT2D eigenvalue weighted by Gasteiger charge is -2.31. The zero-order valence-electron chi connectivity index (χ0n) is 19.2. The summed E-state index contributed by atoms with van der Waals surface area (Å²) < 4.78 is 35.1. The molecule has 0 unspecified atom stereocenters. The van der Waals surface area contributed by atoms with Gasteiger partial charge in [-0.05, 0) is 59.6 Å². The van der Waals surface area contributed by atoms with Crippen molar-refractivity contribution in [3.8, 4) is 16.9 Å². The molecule has 0 spiro atoms. The Labute approximate surface area is 198 Å². The van der Waals surface area contributed by atoms with Crippen LogP contribution in [0.5, 0.6) is 5.75 Å². The van der Waals surface area contributed by atoms with Crippen LogP contribution >= 0.6 is 0 Å². The van der Waals surface area contributed by atoms with Gasteiger partial charge in [0, 0.05) is 31.9 Å². The topological polar surface area (TPSA) is 88.1 Å². The fourth-order valence-electron chi connectivity index (χ4n) is 4.14. The van der Waals surface area contributed by atoms with Crippen molar-refractivity contribution in [2.75, 3.05) is 24.6 Å². The maximum Gasteiger partial charge on any atom is 0.225 e. The van der Waals surface area contributed by atoms with Crippen molar-refractivity contribution in [3.63, 3.8) is 0 Å². The summed E-state index contributed by atoms with van der Waals surface area (Å²) in [6.45, 7) is 3.88. The van der Waals surface area contributed by atoms with Gasteiger partial charge in [-0.15, -0.1) is 0 Å². The first kappa shape index (κ1) is 23.6. The van der Waals surface area contributed by atoms with Crippen LogP contribution in [0, 0.1) is 23.0 Å². The summed E-state index contributed by atoms with van der Waals surface area (Å²) >= 11 is 0. The van der Waals surface area contributed by atoms with Crippen molar-refractivity contribution in [2.45, 2.75) is 32.6 Å². The summed E-state index contributed by atoms with van der Waals surface area (Å²) in [5, 5.41) is 7.44. The van der Waals surface area contributed by atoms with Gasteiger partial charge in [0.25, 0.3) is 0 Å². The van der Waals surface area contributed by atoms with Crippen LogP contribution in [0.3, 0.4) is 0 Å². The molecule has 1 fully saturated rings. The fourth-order valence-corrected chi connectivity index (χ4v) is 4.14. The van der Waals surface area contributed by atoms with Crippen LogP contribution in [0.4, 0.5) is 14.7 Å². The molecule has 0 atom stereocenters. The molecule has 2 aromatic carbocycles. The van der Waals surface area contributed by atoms with Crippen LogP contribution < -0.4 is 15.4 Å². The number of aryl methyl sites for hydroxylation is 1. The number of nitrogens with zero attached hydrogens (tertiary/aromatic N) is 3. The van der Waals surface area contributed by atoms with Gasteiger partial charge in [-0.25, -0.2) is 18.7 Å². The number of anilines is 1. The van der Waals surface area contributed by atoms with Crippen molar-refractivity contribution >= 4 is 11.8 Å². The van der Waals surface area contributed by atoms with Crippen molar-refractivity contribution < 1.29 is 13.5 Å². The predicted molar refractivity (Wildman–Crippen MR) is 129 cm³/mol. The first-order chi connectivity index (χ1) is 16.4. The lowest BCUT2D eigenvalue weighted by molar-refractivity contribution is 0.207. The third kappa shape index (κ3) is 5.68. The molecule has 0 radical (unpaired) electrons. The van der Waals surface area contributed by atoms with Crippen molar-refractivity contribution in [3.05, 3.63) is 71.6 Å². The van der Waals surface area contributed by atoms with Gasteiger partial charge in [0.1, 0.15) is 0 Å². The summed E-state index contributed by atoms with van der Waals surface area (Å²) in [5.74, 6) is -0.845. The molecular formula is C26H29F2N5O. The summed E-state index contributed by atoms with van der Waals surface area (Å²) in [6.07, 6.45) is 6.57. The van der Waals surface area contributed by atoms with E-state index in [0.29, 0.717) is 11.1 Å². The number of amidine groups is 1. The van der Waals surface area contributed by atoms with Gasteiger partial charge < -0.3 is 15.4 Å². The Kier molecular flexibility index (Phi) is 7.35. The zero-order valence-corrected chi connectivity index (χ0v) is 19.2. The van der Waals surface area contributed by atoms with E-state index >= 15 is 0 Å². The molecule has 1 aliphatic heterocycles. The smallest absolute Gasteiger partial charge is 0.225 e. The summed E-state index contributed by atoms with van der Waals surface area (Å²) in [4.78, 5) is 11.0. The Hall–Kier alpha value is -3.55. The van der Waals surface area contributed by atoms with Gasteiger partial charge >= 0.3 is 0 Å². The lowest BCUT2D eigenvalue weighted by Crippen LogP contribution is -2.36. The highest BCUT2D eigenvalue weighted by molar-refractivity contribution is 5.80. The minimum absolute atomic E-state index is 0.0333. The molecule has 0 bridgehead atoms. The zero-order chi connectivity index (χ0) is 24.1. The predicted octanol–water partition coefficient (Wildman–Crippen LogP) is 4.76. The van der Waals surface area contributed by atoms with Crippen LogP contribution in [0.2, 0.25) is 0 Å². The molecule has 4 rings (SSSR count). The number of rotatable bonds is 8. The third-order valence-electron chi connectivity index (χ3n) is 6.11. The molecule has 3 aromatic rings. The molecular weight excluding hydrogens is 436 g/mol. The molecule has 1 aromatic heterocycles. The van der Waals surface area contributed by atoms with Crippen LogP contribution in [0.15, 0.2) is 48.8 Å². The highest BCUT2D eigenvalue weighted by atomic mass is 19.1. The molecule has 178 valence electrons. The maximum atomic E-state index is 14.8. The van der Waals surface area contributed by atoms with Crippen LogP contribution in [-0.2, 0) is 12.8 Å². The van der Waals surface area contributed by atoms with Gasteiger partial charge in [-0.2, -0.15) is 0 Å². The molecule has 3 N–H and O–H groups in total. The van der Waals surface area contributed by atoms with Gasteiger partial charge in [-0.3, -0.25) is 5.41 Å². The van der Waals surface area contributed by atoms with Gasteiger partial charge in [0.05, 0.1) is 12.4 Å². The largest absolute Gasteiger partial charge is 0.487 e. The average Bonchev–Trinajstić information content (AvgIpc) is 2.83. The molecule has 0 saturated carbocycles. The Bertz CT molecular complexity index is 1120. The standard InChI is InChI=1S/C26H29F2N5O/c1-2-17-14-31-26(32-15-17)33-8-6-18(7-9-33)16-34-25-22(27)12-21(13-23(25)28)20-5-3-4-19(10-20)11-24(29)30/h3-5,10,12-15,18H,2,6-9,11,16H2,1H3,(H3,29,30). The van der Waals surface area contributed by atoms with Gasteiger partial charge in [-0.1, -0.05) is 31.2 Å². The number of piperidine rings is 1. The van der Waals surface area contributed by atoms with E-state index in [-0.39, 0.29) is 30.5 Å². The van der Waals surface area contributed by atoms with Crippen molar-refractivity contribution in [1.29, 1.82) is 5.41 Å². The second-order valence-electron chi connectivity index (χ2n) is 8.66. The Morgan fingerprint density at radius 3 is 2.35 bits per heavy atom. The molecule has 8 heteroatoms. The Balaban J connectivity index is 1.36. The van der Waals surface area contributed by atoms with Gasteiger partial charge in [0.15, 0.2) is 17.4 Å². The fraction of sp³-hybridized carbons (Fsp3) is 0.346. The quantitative estimate of drug-likeness (QED) is 0.370. The normalized spacial score (nSPS) is 14.3. The van der Waals surface area contributed by atoms with Crippen molar-refractivity contribution in [2.24, 2.45) is 11.7 Å². The molecule has 0 aliphatic carbocycles. The summed E-state index contributed by atoms with van der Waals surface area (Å²) in [5.41, 5.74) is 8.44.